The number of likely N-dealkylation sites (N-methyl/N-ethyl adjacent to an activating group) is 1. The van der Waals surface area contributed by atoms with E-state index < -0.39 is 0 Å². The summed E-state index contributed by atoms with van der Waals surface area (Å²) in [4.78, 5) is 4.58. The largest absolute Gasteiger partial charge is 0.328 e. The lowest BCUT2D eigenvalue weighted by Crippen LogP contribution is -2.18. The van der Waals surface area contributed by atoms with E-state index in [1.165, 1.54) is 12.1 Å². The van der Waals surface area contributed by atoms with Gasteiger partial charge in [0.2, 0.25) is 0 Å². The van der Waals surface area contributed by atoms with Crippen molar-refractivity contribution in [3.63, 3.8) is 0 Å². The molecule has 2 aromatic rings. The maximum absolute atomic E-state index is 13.3. The molecule has 1 aromatic carbocycles. The molecular weight excluding hydrogens is 241 g/mol. The zero-order valence-corrected chi connectivity index (χ0v) is 11.7. The lowest BCUT2D eigenvalue weighted by molar-refractivity contribution is 0.600. The fourth-order valence-electron chi connectivity index (χ4n) is 2.29. The first-order valence-electron chi connectivity index (χ1n) is 7.11. The van der Waals surface area contributed by atoms with Crippen LogP contribution in [-0.4, -0.2) is 22.6 Å². The van der Waals surface area contributed by atoms with Crippen LogP contribution < -0.4 is 5.32 Å². The van der Waals surface area contributed by atoms with Crippen molar-refractivity contribution >= 4 is 11.0 Å². The van der Waals surface area contributed by atoms with Gasteiger partial charge >= 0.3 is 0 Å². The number of nitrogens with one attached hydrogen (secondary N) is 1. The summed E-state index contributed by atoms with van der Waals surface area (Å²) in [5, 5.41) is 3.31. The topological polar surface area (TPSA) is 29.9 Å². The average Bonchev–Trinajstić information content (AvgIpc) is 2.73. The minimum atomic E-state index is -0.217. The van der Waals surface area contributed by atoms with Crippen LogP contribution in [0.1, 0.15) is 32.5 Å². The van der Waals surface area contributed by atoms with Gasteiger partial charge in [-0.25, -0.2) is 9.37 Å². The Morgan fingerprint density at radius 2 is 2.16 bits per heavy atom. The van der Waals surface area contributed by atoms with Gasteiger partial charge in [-0.05, 0) is 25.1 Å². The van der Waals surface area contributed by atoms with Crippen LogP contribution in [0.25, 0.3) is 11.0 Å². The van der Waals surface area contributed by atoms with E-state index in [1.807, 2.05) is 6.07 Å². The van der Waals surface area contributed by atoms with Gasteiger partial charge in [0.1, 0.15) is 11.6 Å². The van der Waals surface area contributed by atoms with Crippen molar-refractivity contribution in [1.82, 2.24) is 14.9 Å². The lowest BCUT2D eigenvalue weighted by Gasteiger charge is -2.08. The summed E-state index contributed by atoms with van der Waals surface area (Å²) < 4.78 is 15.5. The Morgan fingerprint density at radius 3 is 2.89 bits per heavy atom. The molecule has 1 heterocycles. The Kier molecular flexibility index (Phi) is 4.91. The number of unbranched alkanes of at least 4 members (excludes halogenated alkanes) is 1. The second-order valence-electron chi connectivity index (χ2n) is 4.77. The predicted octanol–water partition coefficient (Wildman–Crippen LogP) is 3.13. The molecule has 104 valence electrons. The molecule has 0 spiro atoms. The zero-order valence-electron chi connectivity index (χ0n) is 11.7. The summed E-state index contributed by atoms with van der Waals surface area (Å²) in [6.45, 7) is 7.10. The second kappa shape index (κ2) is 6.66. The first-order valence-corrected chi connectivity index (χ1v) is 7.11. The number of aryl methyl sites for hydroxylation is 1. The minimum absolute atomic E-state index is 0.217. The van der Waals surface area contributed by atoms with E-state index >= 15 is 0 Å². The highest BCUT2D eigenvalue weighted by molar-refractivity contribution is 5.76. The third-order valence-electron chi connectivity index (χ3n) is 3.30. The molecule has 19 heavy (non-hydrogen) atoms. The Hall–Kier alpha value is -1.42. The van der Waals surface area contributed by atoms with Crippen molar-refractivity contribution in [2.24, 2.45) is 0 Å². The predicted molar refractivity (Wildman–Crippen MR) is 76.8 cm³/mol. The van der Waals surface area contributed by atoms with Crippen LogP contribution in [0.4, 0.5) is 4.39 Å². The molecule has 0 fully saturated rings. The van der Waals surface area contributed by atoms with Crippen LogP contribution in [-0.2, 0) is 13.0 Å². The van der Waals surface area contributed by atoms with Gasteiger partial charge < -0.3 is 9.88 Å². The molecule has 2 rings (SSSR count). The summed E-state index contributed by atoms with van der Waals surface area (Å²) >= 11 is 0. The number of nitrogens with zero attached hydrogens (tertiary/aromatic N) is 2. The molecule has 0 unspecified atom stereocenters. The van der Waals surface area contributed by atoms with Crippen molar-refractivity contribution < 1.29 is 4.39 Å². The van der Waals surface area contributed by atoms with Gasteiger partial charge in [0.25, 0.3) is 0 Å². The fourth-order valence-corrected chi connectivity index (χ4v) is 2.29. The number of benzene rings is 1. The van der Waals surface area contributed by atoms with Crippen LogP contribution >= 0.6 is 0 Å². The van der Waals surface area contributed by atoms with Gasteiger partial charge in [0.05, 0.1) is 11.0 Å². The van der Waals surface area contributed by atoms with Crippen molar-refractivity contribution in [1.29, 1.82) is 0 Å². The Balaban J connectivity index is 2.30. The van der Waals surface area contributed by atoms with Crippen molar-refractivity contribution in [2.75, 3.05) is 13.1 Å². The third-order valence-corrected chi connectivity index (χ3v) is 3.30. The van der Waals surface area contributed by atoms with Gasteiger partial charge in [-0.2, -0.15) is 0 Å². The number of aromatic nitrogens is 2. The summed E-state index contributed by atoms with van der Waals surface area (Å²) in [5.74, 6) is 0.834. The second-order valence-corrected chi connectivity index (χ2v) is 4.77. The molecule has 1 N–H and O–H groups in total. The van der Waals surface area contributed by atoms with Gasteiger partial charge in [-0.1, -0.05) is 20.3 Å². The van der Waals surface area contributed by atoms with E-state index in [2.05, 4.69) is 28.7 Å². The molecule has 0 amide bonds. The van der Waals surface area contributed by atoms with E-state index in [4.69, 9.17) is 0 Å². The number of rotatable bonds is 7. The van der Waals surface area contributed by atoms with E-state index in [9.17, 15) is 4.39 Å². The van der Waals surface area contributed by atoms with Crippen LogP contribution in [0.3, 0.4) is 0 Å². The van der Waals surface area contributed by atoms with Crippen LogP contribution in [0, 0.1) is 5.82 Å². The minimum Gasteiger partial charge on any atom is -0.328 e. The number of fused-ring (bicyclic) bond motifs is 1. The van der Waals surface area contributed by atoms with E-state index in [1.54, 1.807) is 0 Å². The molecule has 0 aliphatic rings. The van der Waals surface area contributed by atoms with E-state index in [0.717, 1.165) is 55.8 Å². The van der Waals surface area contributed by atoms with Crippen LogP contribution in [0.15, 0.2) is 18.2 Å². The van der Waals surface area contributed by atoms with Gasteiger partial charge in [-0.15, -0.1) is 0 Å². The maximum Gasteiger partial charge on any atom is 0.125 e. The maximum atomic E-state index is 13.3. The number of halogens is 1. The normalized spacial score (nSPS) is 11.3. The van der Waals surface area contributed by atoms with Gasteiger partial charge in [-0.3, -0.25) is 0 Å². The zero-order chi connectivity index (χ0) is 13.7. The fraction of sp³-hybridized carbons (Fsp3) is 0.533. The Morgan fingerprint density at radius 1 is 1.32 bits per heavy atom. The van der Waals surface area contributed by atoms with Crippen molar-refractivity contribution in [2.45, 2.75) is 39.7 Å². The number of hydrogen-bond donors (Lipinski definition) is 1. The van der Waals surface area contributed by atoms with E-state index in [-0.39, 0.29) is 5.82 Å². The smallest absolute Gasteiger partial charge is 0.125 e. The SMILES string of the molecule is CCCCn1c(CCNCC)nc2cc(F)ccc21. The first kappa shape index (κ1) is 14.0. The molecule has 1 aromatic heterocycles. The third kappa shape index (κ3) is 3.32. The Bertz CT molecular complexity index is 533. The quantitative estimate of drug-likeness (QED) is 0.778. The molecule has 3 nitrogen and oxygen atoms in total. The molecule has 0 radical (unpaired) electrons. The van der Waals surface area contributed by atoms with Gasteiger partial charge in [0.15, 0.2) is 0 Å². The number of imidazole rings is 1. The molecule has 0 aliphatic carbocycles. The van der Waals surface area contributed by atoms with Crippen molar-refractivity contribution in [3.05, 3.63) is 29.8 Å². The molecular formula is C15H22FN3. The highest BCUT2D eigenvalue weighted by atomic mass is 19.1. The molecule has 0 atom stereocenters. The monoisotopic (exact) mass is 263 g/mol. The summed E-state index contributed by atoms with van der Waals surface area (Å²) in [5.41, 5.74) is 1.81. The first-order chi connectivity index (χ1) is 9.26. The van der Waals surface area contributed by atoms with E-state index in [0.29, 0.717) is 0 Å². The summed E-state index contributed by atoms with van der Waals surface area (Å²) in [6.07, 6.45) is 3.15. The van der Waals surface area contributed by atoms with Crippen LogP contribution in [0.2, 0.25) is 0 Å². The standard InChI is InChI=1S/C15H22FN3/c1-3-5-10-19-14-7-6-12(16)11-13(14)18-15(19)8-9-17-4-2/h6-7,11,17H,3-5,8-10H2,1-2H3. The summed E-state index contributed by atoms with van der Waals surface area (Å²) in [6, 6.07) is 4.87. The number of hydrogen-bond acceptors (Lipinski definition) is 2. The summed E-state index contributed by atoms with van der Waals surface area (Å²) in [7, 11) is 0. The molecule has 4 heteroatoms. The van der Waals surface area contributed by atoms with Gasteiger partial charge in [0, 0.05) is 25.6 Å². The molecule has 0 aliphatic heterocycles. The molecule has 0 saturated carbocycles. The molecule has 0 bridgehead atoms. The highest BCUT2D eigenvalue weighted by Crippen LogP contribution is 2.18. The lowest BCUT2D eigenvalue weighted by atomic mass is 10.3. The van der Waals surface area contributed by atoms with Crippen molar-refractivity contribution in [3.8, 4) is 0 Å². The Labute approximate surface area is 113 Å². The molecule has 0 saturated heterocycles. The average molecular weight is 263 g/mol. The highest BCUT2D eigenvalue weighted by Gasteiger charge is 2.10. The van der Waals surface area contributed by atoms with Crippen LogP contribution in [0.5, 0.6) is 0 Å².